The van der Waals surface area contributed by atoms with Crippen molar-refractivity contribution in [2.45, 2.75) is 70.2 Å². The number of nitrogens with zero attached hydrogens (tertiary/aromatic N) is 4. The summed E-state index contributed by atoms with van der Waals surface area (Å²) in [7, 11) is -16.3. The highest BCUT2D eigenvalue weighted by Gasteiger charge is 2.50. The Bertz CT molecular complexity index is 1770. The molecule has 0 spiro atoms. The van der Waals surface area contributed by atoms with Crippen molar-refractivity contribution in [3.63, 3.8) is 0 Å². The number of phosphoric ester groups is 3. The first-order valence-corrected chi connectivity index (χ1v) is 21.4. The van der Waals surface area contributed by atoms with E-state index < -0.39 is 84.6 Å². The fraction of sp³-hybridized carbons (Fsp3) is 0.692. The summed E-state index contributed by atoms with van der Waals surface area (Å²) in [5.41, 5.74) is 4.30. The molecule has 1 saturated heterocycles. The first-order chi connectivity index (χ1) is 25.9. The molecule has 12 N–H and O–H groups in total. The molecule has 1 fully saturated rings. The van der Waals surface area contributed by atoms with E-state index in [9.17, 15) is 57.9 Å². The monoisotopic (exact) mass is 885 g/mol. The number of nitrogens with two attached hydrogens (primary N) is 1. The molecule has 0 aliphatic carbocycles. The standard InChI is InChI=1S/C21H36N7O16P3S.C5H10O3/c1-21(2,16(31)19(32)24-4-3-12(29)23-5-6-48)8-41-47(38,39)44-46(36,37)40-7-11-15(43-45(33,34)35)14(30)20(42-11)28-10-27-13-17(22)25-9-26-18(13)28;6-4-2-1-3-5(7)8/h9-11,14-16,20,30-31,48H,3-8H2,1-2H3,(H,23,29)(H,24,32)(H,36,37)(H,38,39)(H2,22,25,26)(H2,33,34,35);6H,1-4H2,(H,7,8)/t11-,14-,15-,16+,20-;/m1./s1. The molecule has 0 radical (unpaired) electrons. The summed E-state index contributed by atoms with van der Waals surface area (Å²) < 4.78 is 61.7. The maximum Gasteiger partial charge on any atom is 0.481 e. The highest BCUT2D eigenvalue weighted by molar-refractivity contribution is 7.80. The van der Waals surface area contributed by atoms with Crippen LogP contribution >= 0.6 is 36.1 Å². The molecular weight excluding hydrogens is 839 g/mol. The molecule has 320 valence electrons. The van der Waals surface area contributed by atoms with Crippen LogP contribution in [0.15, 0.2) is 12.7 Å². The lowest BCUT2D eigenvalue weighted by molar-refractivity contribution is -0.137. The van der Waals surface area contributed by atoms with Gasteiger partial charge in [0.1, 0.15) is 36.3 Å². The number of carbonyl (C=O) groups is 3. The first kappa shape index (κ1) is 49.5. The number of nitrogen functional groups attached to an aromatic ring is 1. The lowest BCUT2D eigenvalue weighted by Gasteiger charge is -2.30. The topological polar surface area (TPSA) is 404 Å². The number of aliphatic hydroxyl groups is 3. The van der Waals surface area contributed by atoms with Crippen LogP contribution in [0.5, 0.6) is 0 Å². The third kappa shape index (κ3) is 16.3. The Morgan fingerprint density at radius 2 is 1.70 bits per heavy atom. The van der Waals surface area contributed by atoms with Crippen molar-refractivity contribution < 1.29 is 90.7 Å². The molecule has 7 atom stereocenters. The number of aliphatic hydroxyl groups excluding tert-OH is 3. The number of imidazole rings is 1. The van der Waals surface area contributed by atoms with Gasteiger partial charge < -0.3 is 61.1 Å². The molecule has 2 aromatic heterocycles. The van der Waals surface area contributed by atoms with Gasteiger partial charge >= 0.3 is 29.4 Å². The Morgan fingerprint density at radius 3 is 2.30 bits per heavy atom. The average Bonchev–Trinajstić information content (AvgIpc) is 3.65. The van der Waals surface area contributed by atoms with E-state index in [0.29, 0.717) is 25.1 Å². The summed E-state index contributed by atoms with van der Waals surface area (Å²) in [6, 6.07) is 0. The second kappa shape index (κ2) is 21.9. The number of amides is 2. The molecule has 0 aromatic carbocycles. The SMILES string of the molecule is CC(C)(COP(=O)(O)OP(=O)(O)OC[C@H]1O[C@@H](n2cnc3c(N)ncnc32)[C@H](O)[C@@H]1OP(=O)(O)O)[C@@H](O)C(=O)NCCC(=O)NCCS.O=C(O)CCCCO. The molecule has 56 heavy (non-hydrogen) atoms. The third-order valence-corrected chi connectivity index (χ3v) is 10.6. The molecular formula is C26H46N7O19P3S. The van der Waals surface area contributed by atoms with Gasteiger partial charge in [-0.2, -0.15) is 16.9 Å². The Morgan fingerprint density at radius 1 is 1.04 bits per heavy atom. The summed E-state index contributed by atoms with van der Waals surface area (Å²) in [4.78, 5) is 84.4. The zero-order valence-corrected chi connectivity index (χ0v) is 33.4. The van der Waals surface area contributed by atoms with E-state index in [1.807, 2.05) is 0 Å². The normalized spacial score (nSPS) is 21.3. The number of anilines is 1. The number of ether oxygens (including phenoxy) is 1. The summed E-state index contributed by atoms with van der Waals surface area (Å²) in [6.45, 7) is 0.814. The molecule has 2 unspecified atom stereocenters. The van der Waals surface area contributed by atoms with E-state index in [4.69, 9.17) is 29.7 Å². The number of thiol groups is 1. The van der Waals surface area contributed by atoms with E-state index in [1.54, 1.807) is 0 Å². The van der Waals surface area contributed by atoms with Gasteiger partial charge in [0.2, 0.25) is 11.8 Å². The summed E-state index contributed by atoms with van der Waals surface area (Å²) >= 11 is 3.95. The van der Waals surface area contributed by atoms with Gasteiger partial charge in [-0.05, 0) is 12.8 Å². The predicted molar refractivity (Wildman–Crippen MR) is 192 cm³/mol. The van der Waals surface area contributed by atoms with E-state index in [2.05, 4.69) is 47.0 Å². The minimum Gasteiger partial charge on any atom is -0.481 e. The molecule has 30 heteroatoms. The minimum atomic E-state index is -5.54. The van der Waals surface area contributed by atoms with Crippen molar-refractivity contribution >= 4 is 70.9 Å². The summed E-state index contributed by atoms with van der Waals surface area (Å²) in [6.07, 6.45) is -5.41. The smallest absolute Gasteiger partial charge is 0.481 e. The molecule has 0 bridgehead atoms. The molecule has 1 aliphatic heterocycles. The van der Waals surface area contributed by atoms with Crippen molar-refractivity contribution in [1.29, 1.82) is 0 Å². The summed E-state index contributed by atoms with van der Waals surface area (Å²) in [5.74, 6) is -1.74. The van der Waals surface area contributed by atoms with Crippen LogP contribution < -0.4 is 16.4 Å². The number of hydrogen-bond acceptors (Lipinski definition) is 19. The zero-order chi connectivity index (χ0) is 42.5. The number of carbonyl (C=O) groups excluding carboxylic acids is 2. The van der Waals surface area contributed by atoms with Crippen LogP contribution in [0.25, 0.3) is 11.2 Å². The Balaban J connectivity index is 0.00000122. The number of unbranched alkanes of at least 4 members (excludes halogenated alkanes) is 1. The fourth-order valence-corrected chi connectivity index (χ4v) is 7.46. The van der Waals surface area contributed by atoms with Gasteiger partial charge in [-0.15, -0.1) is 0 Å². The summed E-state index contributed by atoms with van der Waals surface area (Å²) in [5, 5.41) is 42.3. The number of phosphoric acid groups is 3. The second-order valence-corrected chi connectivity index (χ2v) is 17.1. The van der Waals surface area contributed by atoms with Crippen LogP contribution in [0.1, 0.15) is 45.8 Å². The van der Waals surface area contributed by atoms with Crippen molar-refractivity contribution in [2.75, 3.05) is 44.4 Å². The van der Waals surface area contributed by atoms with E-state index >= 15 is 0 Å². The van der Waals surface area contributed by atoms with Crippen LogP contribution in [0.2, 0.25) is 0 Å². The fourth-order valence-electron chi connectivity index (χ4n) is 4.52. The molecule has 2 aromatic rings. The Hall–Kier alpha value is -2.68. The second-order valence-electron chi connectivity index (χ2n) is 12.4. The number of fused-ring (bicyclic) bond motifs is 1. The quantitative estimate of drug-likeness (QED) is 0.0366. The van der Waals surface area contributed by atoms with E-state index in [-0.39, 0.29) is 48.9 Å². The van der Waals surface area contributed by atoms with Crippen LogP contribution in [0.4, 0.5) is 5.82 Å². The number of rotatable bonds is 22. The van der Waals surface area contributed by atoms with Gasteiger partial charge in [0.25, 0.3) is 0 Å². The van der Waals surface area contributed by atoms with Gasteiger partial charge in [0, 0.05) is 43.7 Å². The van der Waals surface area contributed by atoms with Gasteiger partial charge in [-0.3, -0.25) is 32.5 Å². The lowest BCUT2D eigenvalue weighted by Crippen LogP contribution is -2.46. The molecule has 3 rings (SSSR count). The van der Waals surface area contributed by atoms with Gasteiger partial charge in [0.05, 0.1) is 19.5 Å². The van der Waals surface area contributed by atoms with Crippen LogP contribution in [-0.4, -0.2) is 140 Å². The number of nitrogens with one attached hydrogen (secondary N) is 2. The van der Waals surface area contributed by atoms with Crippen LogP contribution in [-0.2, 0) is 50.7 Å². The van der Waals surface area contributed by atoms with Gasteiger partial charge in [0.15, 0.2) is 17.7 Å². The van der Waals surface area contributed by atoms with E-state index in [1.165, 1.54) is 13.8 Å². The Labute approximate surface area is 324 Å². The molecule has 1 aliphatic rings. The third-order valence-electron chi connectivity index (χ3n) is 7.31. The maximum atomic E-state index is 12.6. The molecule has 3 heterocycles. The zero-order valence-electron chi connectivity index (χ0n) is 29.8. The highest BCUT2D eigenvalue weighted by Crippen LogP contribution is 2.61. The first-order valence-electron chi connectivity index (χ1n) is 16.3. The number of hydrogen-bond donors (Lipinski definition) is 12. The van der Waals surface area contributed by atoms with E-state index in [0.717, 1.165) is 17.2 Å². The van der Waals surface area contributed by atoms with Gasteiger partial charge in [-0.1, -0.05) is 13.8 Å². The highest BCUT2D eigenvalue weighted by atomic mass is 32.1. The minimum absolute atomic E-state index is 0.0363. The van der Waals surface area contributed by atoms with Crippen molar-refractivity contribution in [3.05, 3.63) is 12.7 Å². The van der Waals surface area contributed by atoms with Crippen molar-refractivity contribution in [2.24, 2.45) is 5.41 Å². The lowest BCUT2D eigenvalue weighted by atomic mass is 9.87. The molecule has 26 nitrogen and oxygen atoms in total. The number of carboxylic acid groups (broad SMARTS) is 1. The van der Waals surface area contributed by atoms with Crippen LogP contribution in [0, 0.1) is 5.41 Å². The maximum absolute atomic E-state index is 12.6. The Kier molecular flexibility index (Phi) is 19.3. The predicted octanol–water partition coefficient (Wildman–Crippen LogP) is -1.43. The number of aromatic nitrogens is 4. The van der Waals surface area contributed by atoms with Crippen LogP contribution in [0.3, 0.4) is 0 Å². The van der Waals surface area contributed by atoms with Crippen molar-refractivity contribution in [1.82, 2.24) is 30.2 Å². The molecule has 0 saturated carbocycles. The largest absolute Gasteiger partial charge is 0.481 e. The number of aliphatic carboxylic acids is 1. The molecule has 2 amide bonds. The van der Waals surface area contributed by atoms with Crippen molar-refractivity contribution in [3.8, 4) is 0 Å². The average molecular weight is 886 g/mol. The number of carboxylic acids is 1. The van der Waals surface area contributed by atoms with Gasteiger partial charge in [-0.25, -0.2) is 28.6 Å².